The van der Waals surface area contributed by atoms with Crippen LogP contribution in [0, 0.1) is 11.6 Å². The molecule has 0 unspecified atom stereocenters. The first-order chi connectivity index (χ1) is 20.2. The number of nitrogens with zero attached hydrogens (tertiary/aromatic N) is 4. The van der Waals surface area contributed by atoms with E-state index in [2.05, 4.69) is 9.80 Å². The number of phenols is 2. The maximum atomic E-state index is 14.9. The van der Waals surface area contributed by atoms with Crippen molar-refractivity contribution in [1.82, 2.24) is 0 Å². The summed E-state index contributed by atoms with van der Waals surface area (Å²) in [5, 5.41) is 22.7. The van der Waals surface area contributed by atoms with Crippen LogP contribution in [-0.4, -0.2) is 30.2 Å². The monoisotopic (exact) mass is 584 g/mol. The van der Waals surface area contributed by atoms with Crippen molar-refractivity contribution in [3.63, 3.8) is 0 Å². The minimum Gasteiger partial charge on any atom is -0.505 e. The zero-order valence-electron chi connectivity index (χ0n) is 25.5. The van der Waals surface area contributed by atoms with Gasteiger partial charge in [-0.2, -0.15) is 0 Å². The zero-order chi connectivity index (χ0) is 30.8. The van der Waals surface area contributed by atoms with Crippen molar-refractivity contribution in [2.45, 2.75) is 52.4 Å². The summed E-state index contributed by atoms with van der Waals surface area (Å²) in [6, 6.07) is 21.4. The fraction of sp³-hybridized carbons (Fsp3) is 0.314. The number of phenolic OH excluding ortho intramolecular Hbond substituents is 2. The van der Waals surface area contributed by atoms with E-state index < -0.39 is 22.5 Å². The van der Waals surface area contributed by atoms with Crippen LogP contribution in [-0.2, 0) is 10.8 Å². The van der Waals surface area contributed by atoms with E-state index in [-0.39, 0.29) is 11.5 Å². The number of rotatable bonds is 4. The Labute approximate surface area is 252 Å². The number of anilines is 6. The van der Waals surface area contributed by atoms with Crippen LogP contribution in [0.1, 0.15) is 52.7 Å². The second kappa shape index (κ2) is 10.1. The molecule has 0 atom stereocenters. The van der Waals surface area contributed by atoms with Crippen molar-refractivity contribution in [3.05, 3.63) is 95.6 Å². The molecule has 0 fully saturated rings. The number of fused-ring (bicyclic) bond motifs is 2. The predicted octanol–water partition coefficient (Wildman–Crippen LogP) is 8.46. The second-order valence-electron chi connectivity index (χ2n) is 13.5. The van der Waals surface area contributed by atoms with Crippen LogP contribution in [0.25, 0.3) is 0 Å². The number of hydrogen-bond acceptors (Lipinski definition) is 6. The molecule has 6 nitrogen and oxygen atoms in total. The summed E-state index contributed by atoms with van der Waals surface area (Å²) < 4.78 is 29.8. The summed E-state index contributed by atoms with van der Waals surface area (Å²) in [5.74, 6) is -0.663. The Kier molecular flexibility index (Phi) is 6.71. The van der Waals surface area contributed by atoms with Gasteiger partial charge in [-0.05, 0) is 47.2 Å². The molecule has 2 N–H and O–H groups in total. The van der Waals surface area contributed by atoms with Gasteiger partial charge in [0.2, 0.25) is 0 Å². The van der Waals surface area contributed by atoms with E-state index in [4.69, 9.17) is 0 Å². The molecular weight excluding hydrogens is 546 g/mol. The predicted molar refractivity (Wildman–Crippen MR) is 170 cm³/mol. The molecule has 2 heterocycles. The molecule has 43 heavy (non-hydrogen) atoms. The highest BCUT2D eigenvalue weighted by Crippen LogP contribution is 2.49. The van der Waals surface area contributed by atoms with Gasteiger partial charge in [0.15, 0.2) is 0 Å². The van der Waals surface area contributed by atoms with Gasteiger partial charge < -0.3 is 29.8 Å². The van der Waals surface area contributed by atoms with Crippen LogP contribution in [0.4, 0.5) is 42.9 Å². The Morgan fingerprint density at radius 1 is 0.558 bits per heavy atom. The van der Waals surface area contributed by atoms with Gasteiger partial charge in [-0.1, -0.05) is 65.8 Å². The van der Waals surface area contributed by atoms with E-state index in [0.29, 0.717) is 42.5 Å². The fourth-order valence-electron chi connectivity index (χ4n) is 6.15. The minimum absolute atomic E-state index is 0.0690. The third-order valence-electron chi connectivity index (χ3n) is 8.30. The normalized spacial score (nSPS) is 14.9. The summed E-state index contributed by atoms with van der Waals surface area (Å²) in [7, 11) is 0. The van der Waals surface area contributed by atoms with Crippen molar-refractivity contribution >= 4 is 34.1 Å². The largest absolute Gasteiger partial charge is 0.505 e. The van der Waals surface area contributed by atoms with E-state index in [9.17, 15) is 19.0 Å². The molecule has 2 aliphatic rings. The van der Waals surface area contributed by atoms with Gasteiger partial charge in [0, 0.05) is 23.3 Å². The van der Waals surface area contributed by atoms with Gasteiger partial charge in [0.25, 0.3) is 0 Å². The Bertz CT molecular complexity index is 1580. The molecule has 0 bridgehead atoms. The lowest BCUT2D eigenvalue weighted by atomic mass is 9.85. The lowest BCUT2D eigenvalue weighted by Gasteiger charge is -2.30. The second-order valence-corrected chi connectivity index (χ2v) is 13.5. The first-order valence-electron chi connectivity index (χ1n) is 14.5. The molecule has 6 rings (SSSR count). The number of aromatic hydroxyl groups is 2. The highest BCUT2D eigenvalue weighted by molar-refractivity contribution is 5.87. The van der Waals surface area contributed by atoms with Crippen molar-refractivity contribution < 1.29 is 19.0 Å². The zero-order valence-corrected chi connectivity index (χ0v) is 25.5. The SMILES string of the molecule is CC(C)(C)c1cc(F)cc(N2CN(CN3CN(c4cc(F)cc(C(C)(C)C)c4O)c4ccccc43)c3ccccc32)c1O. The Balaban J connectivity index is 1.36. The highest BCUT2D eigenvalue weighted by Gasteiger charge is 2.36. The number of benzene rings is 4. The van der Waals surface area contributed by atoms with Gasteiger partial charge >= 0.3 is 0 Å². The Hall–Kier alpha value is -4.46. The van der Waals surface area contributed by atoms with Crippen molar-refractivity contribution in [2.75, 3.05) is 39.6 Å². The average Bonchev–Trinajstić information content (AvgIpc) is 3.48. The summed E-state index contributed by atoms with van der Waals surface area (Å²) >= 11 is 0. The maximum absolute atomic E-state index is 14.9. The van der Waals surface area contributed by atoms with Crippen LogP contribution in [0.15, 0.2) is 72.8 Å². The molecule has 0 amide bonds. The maximum Gasteiger partial charge on any atom is 0.143 e. The smallest absolute Gasteiger partial charge is 0.143 e. The van der Waals surface area contributed by atoms with E-state index >= 15 is 0 Å². The van der Waals surface area contributed by atoms with Crippen LogP contribution in [0.5, 0.6) is 11.5 Å². The molecule has 0 aromatic heterocycles. The number of para-hydroxylation sites is 4. The van der Waals surface area contributed by atoms with Crippen LogP contribution >= 0.6 is 0 Å². The lowest BCUT2D eigenvalue weighted by Crippen LogP contribution is -2.40. The van der Waals surface area contributed by atoms with Gasteiger partial charge in [-0.25, -0.2) is 8.78 Å². The lowest BCUT2D eigenvalue weighted by molar-refractivity contribution is 0.443. The first-order valence-corrected chi connectivity index (χ1v) is 14.5. The molecule has 0 radical (unpaired) electrons. The Morgan fingerprint density at radius 2 is 0.907 bits per heavy atom. The van der Waals surface area contributed by atoms with Crippen molar-refractivity contribution in [1.29, 1.82) is 0 Å². The fourth-order valence-corrected chi connectivity index (χ4v) is 6.15. The summed E-state index contributed by atoms with van der Waals surface area (Å²) in [4.78, 5) is 8.22. The minimum atomic E-state index is -0.447. The van der Waals surface area contributed by atoms with Gasteiger partial charge in [-0.15, -0.1) is 0 Å². The quantitative estimate of drug-likeness (QED) is 0.251. The third-order valence-corrected chi connectivity index (χ3v) is 8.30. The standard InChI is InChI=1S/C35H38F2N4O2/c1-34(2,3)24-15-22(36)17-30(32(24)42)40-20-38(26-11-7-9-13-28(26)40)19-39-21-41(29-14-10-8-12-27(29)39)31-18-23(37)16-25(33(31)43)35(4,5)6/h7-18,42-43H,19-21H2,1-6H3. The summed E-state index contributed by atoms with van der Waals surface area (Å²) in [6.07, 6.45) is 0. The third kappa shape index (κ3) is 4.98. The first kappa shape index (κ1) is 28.6. The molecule has 8 heteroatoms. The van der Waals surface area contributed by atoms with Crippen molar-refractivity contribution in [2.24, 2.45) is 0 Å². The molecule has 2 aliphatic heterocycles. The van der Waals surface area contributed by atoms with Crippen LogP contribution < -0.4 is 19.6 Å². The van der Waals surface area contributed by atoms with Gasteiger partial charge in [-0.3, -0.25) is 0 Å². The molecule has 4 aromatic rings. The van der Waals surface area contributed by atoms with E-state index in [1.807, 2.05) is 99.9 Å². The molecule has 0 spiro atoms. The van der Waals surface area contributed by atoms with E-state index in [1.165, 1.54) is 24.3 Å². The molecule has 4 aromatic carbocycles. The molecule has 0 aliphatic carbocycles. The summed E-state index contributed by atoms with van der Waals surface area (Å²) in [5.41, 5.74) is 4.67. The molecule has 224 valence electrons. The van der Waals surface area contributed by atoms with Gasteiger partial charge in [0.1, 0.15) is 23.1 Å². The summed E-state index contributed by atoms with van der Waals surface area (Å²) in [6.45, 7) is 12.9. The van der Waals surface area contributed by atoms with Gasteiger partial charge in [0.05, 0.1) is 54.1 Å². The molecular formula is C35H38F2N4O2. The van der Waals surface area contributed by atoms with Crippen molar-refractivity contribution in [3.8, 4) is 11.5 Å². The van der Waals surface area contributed by atoms with E-state index in [0.717, 1.165) is 22.7 Å². The topological polar surface area (TPSA) is 53.4 Å². The molecule has 0 saturated heterocycles. The Morgan fingerprint density at radius 3 is 1.26 bits per heavy atom. The van der Waals surface area contributed by atoms with Crippen LogP contribution in [0.2, 0.25) is 0 Å². The molecule has 0 saturated carbocycles. The van der Waals surface area contributed by atoms with E-state index in [1.54, 1.807) is 0 Å². The number of hydrogen-bond donors (Lipinski definition) is 2. The highest BCUT2D eigenvalue weighted by atomic mass is 19.1. The average molecular weight is 585 g/mol. The van der Waals surface area contributed by atoms with Crippen LogP contribution in [0.3, 0.4) is 0 Å². The number of halogens is 2.